The smallest absolute Gasteiger partial charge is 0.254 e. The van der Waals surface area contributed by atoms with Gasteiger partial charge in [0.2, 0.25) is 5.91 Å². The van der Waals surface area contributed by atoms with Crippen LogP contribution in [0.1, 0.15) is 31.5 Å². The number of carbonyl (C=O) groups is 2. The molecule has 2 aromatic rings. The van der Waals surface area contributed by atoms with Gasteiger partial charge in [-0.2, -0.15) is 0 Å². The van der Waals surface area contributed by atoms with Crippen molar-refractivity contribution < 1.29 is 19.1 Å². The molecule has 2 aliphatic heterocycles. The van der Waals surface area contributed by atoms with Gasteiger partial charge in [0.15, 0.2) is 17.6 Å². The minimum absolute atomic E-state index is 0.135. The van der Waals surface area contributed by atoms with Crippen molar-refractivity contribution in [3.63, 3.8) is 0 Å². The van der Waals surface area contributed by atoms with E-state index in [9.17, 15) is 9.59 Å². The lowest BCUT2D eigenvalue weighted by atomic mass is 10.1. The van der Waals surface area contributed by atoms with Crippen molar-refractivity contribution in [2.75, 3.05) is 31.6 Å². The molecule has 182 valence electrons. The molecule has 2 aromatic heterocycles. The first-order valence-corrected chi connectivity index (χ1v) is 11.8. The van der Waals surface area contributed by atoms with Gasteiger partial charge in [0, 0.05) is 19.0 Å². The average molecular weight is 509 g/mol. The predicted octanol–water partition coefficient (Wildman–Crippen LogP) is 2.08. The van der Waals surface area contributed by atoms with Crippen LogP contribution >= 0.6 is 23.2 Å². The molecule has 0 spiro atoms. The minimum atomic E-state index is -1.19. The maximum atomic E-state index is 13.4. The summed E-state index contributed by atoms with van der Waals surface area (Å²) in [5.74, 6) is -0.188. The van der Waals surface area contributed by atoms with E-state index in [4.69, 9.17) is 32.7 Å². The summed E-state index contributed by atoms with van der Waals surface area (Å²) in [7, 11) is 0. The number of anilines is 1. The second-order valence-electron chi connectivity index (χ2n) is 8.12. The van der Waals surface area contributed by atoms with Crippen LogP contribution in [-0.4, -0.2) is 60.2 Å². The lowest BCUT2D eigenvalue weighted by molar-refractivity contribution is -0.125. The van der Waals surface area contributed by atoms with Gasteiger partial charge >= 0.3 is 0 Å². The SMILES string of the molecule is CC(=O)NC(C(=O)Nc1nc(Cl)ccc1OC[C@H]1CCN1)c1nc(Cl)ccc1OC[C@@H]1CCN1. The quantitative estimate of drug-likeness (QED) is 0.359. The van der Waals surface area contributed by atoms with Crippen LogP contribution < -0.4 is 30.7 Å². The van der Waals surface area contributed by atoms with Crippen LogP contribution in [0.3, 0.4) is 0 Å². The van der Waals surface area contributed by atoms with Gasteiger partial charge < -0.3 is 30.7 Å². The van der Waals surface area contributed by atoms with E-state index < -0.39 is 17.9 Å². The van der Waals surface area contributed by atoms with E-state index in [2.05, 4.69) is 31.2 Å². The fraction of sp³-hybridized carbons (Fsp3) is 0.455. The second-order valence-corrected chi connectivity index (χ2v) is 8.90. The first-order chi connectivity index (χ1) is 16.4. The molecule has 12 heteroatoms. The summed E-state index contributed by atoms with van der Waals surface area (Å²) < 4.78 is 11.7. The van der Waals surface area contributed by atoms with Crippen LogP contribution in [0, 0.1) is 0 Å². The van der Waals surface area contributed by atoms with Crippen LogP contribution in [0.25, 0.3) is 0 Å². The Kier molecular flexibility index (Phi) is 8.04. The second kappa shape index (κ2) is 11.2. The summed E-state index contributed by atoms with van der Waals surface area (Å²) in [5, 5.41) is 12.1. The number of hydrogen-bond acceptors (Lipinski definition) is 8. The van der Waals surface area contributed by atoms with Gasteiger partial charge in [-0.15, -0.1) is 0 Å². The van der Waals surface area contributed by atoms with E-state index in [1.165, 1.54) is 6.92 Å². The van der Waals surface area contributed by atoms with Gasteiger partial charge in [-0.05, 0) is 50.2 Å². The van der Waals surface area contributed by atoms with Gasteiger partial charge in [0.1, 0.15) is 35.0 Å². The van der Waals surface area contributed by atoms with E-state index >= 15 is 0 Å². The van der Waals surface area contributed by atoms with E-state index in [0.29, 0.717) is 24.7 Å². The molecule has 0 aliphatic carbocycles. The van der Waals surface area contributed by atoms with E-state index in [-0.39, 0.29) is 33.9 Å². The number of halogens is 2. The number of nitrogens with zero attached hydrogens (tertiary/aromatic N) is 2. The Morgan fingerprint density at radius 2 is 1.56 bits per heavy atom. The molecule has 0 aromatic carbocycles. The molecule has 4 rings (SSSR count). The number of hydrogen-bond donors (Lipinski definition) is 4. The zero-order valence-corrected chi connectivity index (χ0v) is 20.1. The fourth-order valence-electron chi connectivity index (χ4n) is 3.41. The third kappa shape index (κ3) is 6.26. The maximum Gasteiger partial charge on any atom is 0.254 e. The average Bonchev–Trinajstić information content (AvgIpc) is 2.72. The number of ether oxygens (including phenoxy) is 2. The minimum Gasteiger partial charge on any atom is -0.490 e. The van der Waals surface area contributed by atoms with Crippen molar-refractivity contribution in [2.24, 2.45) is 0 Å². The zero-order valence-electron chi connectivity index (χ0n) is 18.6. The third-order valence-electron chi connectivity index (χ3n) is 5.53. The highest BCUT2D eigenvalue weighted by molar-refractivity contribution is 6.29. The van der Waals surface area contributed by atoms with Gasteiger partial charge in [0.25, 0.3) is 5.91 Å². The number of amides is 2. The summed E-state index contributed by atoms with van der Waals surface area (Å²) in [5.41, 5.74) is 0.183. The number of rotatable bonds is 10. The summed E-state index contributed by atoms with van der Waals surface area (Å²) in [6, 6.07) is 5.67. The summed E-state index contributed by atoms with van der Waals surface area (Å²) >= 11 is 12.2. The third-order valence-corrected chi connectivity index (χ3v) is 5.95. The molecule has 2 saturated heterocycles. The van der Waals surface area contributed by atoms with Crippen molar-refractivity contribution >= 4 is 40.8 Å². The molecule has 2 fully saturated rings. The molecule has 4 N–H and O–H groups in total. The molecule has 2 aliphatic rings. The largest absolute Gasteiger partial charge is 0.490 e. The Labute approximate surface area is 207 Å². The highest BCUT2D eigenvalue weighted by Gasteiger charge is 2.29. The van der Waals surface area contributed by atoms with Gasteiger partial charge in [-0.25, -0.2) is 9.97 Å². The zero-order chi connectivity index (χ0) is 24.1. The molecule has 1 unspecified atom stereocenters. The molecule has 34 heavy (non-hydrogen) atoms. The lowest BCUT2D eigenvalue weighted by Gasteiger charge is -2.28. The van der Waals surface area contributed by atoms with Crippen molar-refractivity contribution in [3.05, 3.63) is 40.3 Å². The number of aromatic nitrogens is 2. The number of nitrogens with one attached hydrogen (secondary N) is 4. The van der Waals surface area contributed by atoms with Gasteiger partial charge in [-0.3, -0.25) is 9.59 Å². The molecule has 3 atom stereocenters. The molecular formula is C22H26Cl2N6O4. The van der Waals surface area contributed by atoms with Crippen LogP contribution in [0.15, 0.2) is 24.3 Å². The monoisotopic (exact) mass is 508 g/mol. The summed E-state index contributed by atoms with van der Waals surface area (Å²) in [4.78, 5) is 33.8. The van der Waals surface area contributed by atoms with E-state index in [1.54, 1.807) is 24.3 Å². The van der Waals surface area contributed by atoms with Crippen molar-refractivity contribution in [2.45, 2.75) is 37.9 Å². The van der Waals surface area contributed by atoms with Crippen LogP contribution in [0.4, 0.5) is 5.82 Å². The molecule has 2 amide bonds. The normalized spacial score (nSPS) is 19.9. The van der Waals surface area contributed by atoms with E-state index in [0.717, 1.165) is 25.9 Å². The lowest BCUT2D eigenvalue weighted by Crippen LogP contribution is -2.46. The Morgan fingerprint density at radius 3 is 2.12 bits per heavy atom. The van der Waals surface area contributed by atoms with Crippen molar-refractivity contribution in [1.82, 2.24) is 25.9 Å². The number of carbonyl (C=O) groups excluding carboxylic acids is 2. The highest BCUT2D eigenvalue weighted by atomic mass is 35.5. The molecule has 0 saturated carbocycles. The first-order valence-electron chi connectivity index (χ1n) is 11.0. The Morgan fingerprint density at radius 1 is 1.00 bits per heavy atom. The van der Waals surface area contributed by atoms with Crippen molar-refractivity contribution in [1.29, 1.82) is 0 Å². The van der Waals surface area contributed by atoms with Crippen LogP contribution in [0.5, 0.6) is 11.5 Å². The van der Waals surface area contributed by atoms with Gasteiger partial charge in [-0.1, -0.05) is 23.2 Å². The van der Waals surface area contributed by atoms with Crippen LogP contribution in [-0.2, 0) is 9.59 Å². The Bertz CT molecular complexity index is 1050. The van der Waals surface area contributed by atoms with E-state index in [1.807, 2.05) is 0 Å². The van der Waals surface area contributed by atoms with Gasteiger partial charge in [0.05, 0.1) is 0 Å². The van der Waals surface area contributed by atoms with Crippen molar-refractivity contribution in [3.8, 4) is 11.5 Å². The Hall–Kier alpha value is -2.66. The standard InChI is InChI=1S/C22H26Cl2N6O4/c1-12(31)27-20(19-15(2-4-17(23)28-19)33-10-13-6-8-25-13)22(32)30-21-16(3-5-18(24)29-21)34-11-14-7-9-26-14/h2-5,13-14,20,25-26H,6-11H2,1H3,(H,27,31)(H,29,30,32)/t13-,14+,20?/m0/s1. The Balaban J connectivity index is 1.56. The first kappa shape index (κ1) is 24.5. The maximum absolute atomic E-state index is 13.4. The predicted molar refractivity (Wildman–Crippen MR) is 127 cm³/mol. The molecule has 0 radical (unpaired) electrons. The summed E-state index contributed by atoms with van der Waals surface area (Å²) in [6.07, 6.45) is 2.00. The molecule has 10 nitrogen and oxygen atoms in total. The molecule has 4 heterocycles. The molecular weight excluding hydrogens is 483 g/mol. The highest BCUT2D eigenvalue weighted by Crippen LogP contribution is 2.30. The van der Waals surface area contributed by atoms with Crippen LogP contribution in [0.2, 0.25) is 10.3 Å². The fourth-order valence-corrected chi connectivity index (χ4v) is 3.71. The molecule has 0 bridgehead atoms. The number of pyridine rings is 2. The topological polar surface area (TPSA) is 127 Å². The summed E-state index contributed by atoms with van der Waals surface area (Å²) in [6.45, 7) is 4.01.